The molecule has 1 aliphatic carbocycles. The third-order valence-corrected chi connectivity index (χ3v) is 3.32. The van der Waals surface area contributed by atoms with Crippen LogP contribution in [0.5, 0.6) is 0 Å². The highest BCUT2D eigenvalue weighted by atomic mass is 16.4. The van der Waals surface area contributed by atoms with Crippen LogP contribution >= 0.6 is 0 Å². The molecule has 1 saturated carbocycles. The van der Waals surface area contributed by atoms with Crippen LogP contribution in [0, 0.1) is 24.2 Å². The van der Waals surface area contributed by atoms with E-state index in [1.807, 2.05) is 25.1 Å². The molecule has 4 heteroatoms. The number of nitriles is 1. The fourth-order valence-electron chi connectivity index (χ4n) is 2.10. The number of rotatable bonds is 3. The first-order valence-corrected chi connectivity index (χ1v) is 5.62. The van der Waals surface area contributed by atoms with E-state index in [0.29, 0.717) is 12.0 Å². The number of hydrogen-bond donors (Lipinski definition) is 2. The summed E-state index contributed by atoms with van der Waals surface area (Å²) in [5.74, 6) is -1.10. The molecule has 0 radical (unpaired) electrons. The first-order valence-electron chi connectivity index (χ1n) is 5.62. The van der Waals surface area contributed by atoms with Crippen LogP contribution in [0.4, 0.5) is 5.69 Å². The number of carbonyl (C=O) groups is 1. The highest BCUT2D eigenvalue weighted by Gasteiger charge is 2.36. The van der Waals surface area contributed by atoms with E-state index in [0.717, 1.165) is 17.7 Å². The molecular formula is C13H14N2O2. The Balaban J connectivity index is 2.17. The van der Waals surface area contributed by atoms with Crippen LogP contribution in [-0.4, -0.2) is 17.1 Å². The minimum Gasteiger partial charge on any atom is -0.481 e. The molecule has 2 rings (SSSR count). The Morgan fingerprint density at radius 1 is 1.53 bits per heavy atom. The van der Waals surface area contributed by atoms with Crippen molar-refractivity contribution in [2.75, 3.05) is 5.32 Å². The number of nitrogens with zero attached hydrogens (tertiary/aromatic N) is 1. The van der Waals surface area contributed by atoms with E-state index in [-0.39, 0.29) is 12.0 Å². The summed E-state index contributed by atoms with van der Waals surface area (Å²) in [4.78, 5) is 10.9. The van der Waals surface area contributed by atoms with Gasteiger partial charge < -0.3 is 10.4 Å². The van der Waals surface area contributed by atoms with E-state index in [1.165, 1.54) is 0 Å². The topological polar surface area (TPSA) is 73.1 Å². The summed E-state index contributed by atoms with van der Waals surface area (Å²) in [7, 11) is 0. The molecule has 2 N–H and O–H groups in total. The van der Waals surface area contributed by atoms with Crippen molar-refractivity contribution in [3.8, 4) is 6.07 Å². The number of carboxylic acids is 1. The number of benzene rings is 1. The van der Waals surface area contributed by atoms with E-state index in [2.05, 4.69) is 11.4 Å². The van der Waals surface area contributed by atoms with Gasteiger partial charge in [-0.3, -0.25) is 4.79 Å². The summed E-state index contributed by atoms with van der Waals surface area (Å²) in [5.41, 5.74) is 2.25. The molecule has 4 nitrogen and oxygen atoms in total. The molecular weight excluding hydrogens is 216 g/mol. The van der Waals surface area contributed by atoms with Crippen molar-refractivity contribution in [3.63, 3.8) is 0 Å². The third kappa shape index (κ3) is 2.09. The molecule has 0 saturated heterocycles. The Kier molecular flexibility index (Phi) is 3.01. The second kappa shape index (κ2) is 4.46. The molecule has 17 heavy (non-hydrogen) atoms. The fourth-order valence-corrected chi connectivity index (χ4v) is 2.10. The average Bonchev–Trinajstić information content (AvgIpc) is 2.23. The number of aryl methyl sites for hydroxylation is 1. The molecule has 0 aliphatic heterocycles. The van der Waals surface area contributed by atoms with Crippen molar-refractivity contribution in [3.05, 3.63) is 29.3 Å². The fraction of sp³-hybridized carbons (Fsp3) is 0.385. The second-order valence-electron chi connectivity index (χ2n) is 4.38. The van der Waals surface area contributed by atoms with Gasteiger partial charge in [0.1, 0.15) is 6.07 Å². The monoisotopic (exact) mass is 230 g/mol. The highest BCUT2D eigenvalue weighted by molar-refractivity contribution is 5.73. The Morgan fingerprint density at radius 3 is 2.82 bits per heavy atom. The number of aliphatic carboxylic acids is 1. The lowest BCUT2D eigenvalue weighted by molar-refractivity contribution is -0.144. The normalized spacial score (nSPS) is 22.4. The SMILES string of the molecule is Cc1cccc(NC2CCC2C(=O)O)c1C#N. The first kappa shape index (κ1) is 11.5. The van der Waals surface area contributed by atoms with Crippen molar-refractivity contribution in [1.29, 1.82) is 5.26 Å². The van der Waals surface area contributed by atoms with Gasteiger partial charge in [0.15, 0.2) is 0 Å². The van der Waals surface area contributed by atoms with Crippen LogP contribution in [0.3, 0.4) is 0 Å². The van der Waals surface area contributed by atoms with Gasteiger partial charge in [-0.2, -0.15) is 5.26 Å². The quantitative estimate of drug-likeness (QED) is 0.834. The Hall–Kier alpha value is -2.02. The lowest BCUT2D eigenvalue weighted by Crippen LogP contribution is -2.43. The van der Waals surface area contributed by atoms with Crippen molar-refractivity contribution in [2.45, 2.75) is 25.8 Å². The third-order valence-electron chi connectivity index (χ3n) is 3.32. The molecule has 2 unspecified atom stereocenters. The van der Waals surface area contributed by atoms with Crippen molar-refractivity contribution >= 4 is 11.7 Å². The van der Waals surface area contributed by atoms with Gasteiger partial charge in [-0.1, -0.05) is 12.1 Å². The minimum absolute atomic E-state index is 0.0543. The maximum Gasteiger partial charge on any atom is 0.308 e. The Morgan fingerprint density at radius 2 is 2.29 bits per heavy atom. The minimum atomic E-state index is -0.764. The molecule has 2 atom stereocenters. The smallest absolute Gasteiger partial charge is 0.308 e. The predicted octanol–water partition coefficient (Wildman–Crippen LogP) is 2.14. The van der Waals surface area contributed by atoms with Crippen LogP contribution in [0.15, 0.2) is 18.2 Å². The maximum atomic E-state index is 10.9. The van der Waals surface area contributed by atoms with Gasteiger partial charge in [-0.05, 0) is 31.4 Å². The number of hydrogen-bond acceptors (Lipinski definition) is 3. The van der Waals surface area contributed by atoms with Crippen molar-refractivity contribution in [2.24, 2.45) is 5.92 Å². The van der Waals surface area contributed by atoms with Gasteiger partial charge in [-0.15, -0.1) is 0 Å². The lowest BCUT2D eigenvalue weighted by Gasteiger charge is -2.35. The van der Waals surface area contributed by atoms with Gasteiger partial charge in [0.25, 0.3) is 0 Å². The van der Waals surface area contributed by atoms with Crippen LogP contribution < -0.4 is 5.32 Å². The Bertz CT molecular complexity index is 491. The lowest BCUT2D eigenvalue weighted by atomic mass is 9.79. The molecule has 0 aromatic heterocycles. The average molecular weight is 230 g/mol. The van der Waals surface area contributed by atoms with E-state index in [4.69, 9.17) is 10.4 Å². The summed E-state index contributed by atoms with van der Waals surface area (Å²) in [6.07, 6.45) is 1.55. The molecule has 1 fully saturated rings. The van der Waals surface area contributed by atoms with Crippen LogP contribution in [-0.2, 0) is 4.79 Å². The van der Waals surface area contributed by atoms with E-state index >= 15 is 0 Å². The van der Waals surface area contributed by atoms with Crippen LogP contribution in [0.1, 0.15) is 24.0 Å². The summed E-state index contributed by atoms with van der Waals surface area (Å²) in [5, 5.41) is 21.2. The second-order valence-corrected chi connectivity index (χ2v) is 4.38. The molecule has 88 valence electrons. The van der Waals surface area contributed by atoms with Gasteiger partial charge in [-0.25, -0.2) is 0 Å². The standard InChI is InChI=1S/C13H14N2O2/c1-8-3-2-4-11(10(8)7-14)15-12-6-5-9(12)13(16)17/h2-4,9,12,15H,5-6H2,1H3,(H,16,17). The summed E-state index contributed by atoms with van der Waals surface area (Å²) >= 11 is 0. The molecule has 0 bridgehead atoms. The van der Waals surface area contributed by atoms with Gasteiger partial charge in [0.2, 0.25) is 0 Å². The van der Waals surface area contributed by atoms with Gasteiger partial charge >= 0.3 is 5.97 Å². The van der Waals surface area contributed by atoms with Crippen molar-refractivity contribution < 1.29 is 9.90 Å². The van der Waals surface area contributed by atoms with Crippen LogP contribution in [0.25, 0.3) is 0 Å². The summed E-state index contributed by atoms with van der Waals surface area (Å²) in [6.45, 7) is 1.87. The van der Waals surface area contributed by atoms with Crippen molar-refractivity contribution in [1.82, 2.24) is 0 Å². The zero-order chi connectivity index (χ0) is 12.4. The summed E-state index contributed by atoms with van der Waals surface area (Å²) < 4.78 is 0. The predicted molar refractivity (Wildman–Crippen MR) is 63.7 cm³/mol. The zero-order valence-corrected chi connectivity index (χ0v) is 9.60. The maximum absolute atomic E-state index is 10.9. The molecule has 0 spiro atoms. The number of nitrogens with one attached hydrogen (secondary N) is 1. The zero-order valence-electron chi connectivity index (χ0n) is 9.60. The van der Waals surface area contributed by atoms with E-state index in [9.17, 15) is 4.79 Å². The molecule has 1 aliphatic rings. The molecule has 1 aromatic rings. The first-order chi connectivity index (χ1) is 8.13. The molecule has 0 heterocycles. The highest BCUT2D eigenvalue weighted by Crippen LogP contribution is 2.32. The molecule has 1 aromatic carbocycles. The van der Waals surface area contributed by atoms with Crippen LogP contribution in [0.2, 0.25) is 0 Å². The number of carboxylic acid groups (broad SMARTS) is 1. The number of anilines is 1. The van der Waals surface area contributed by atoms with E-state index < -0.39 is 5.97 Å². The molecule has 0 amide bonds. The van der Waals surface area contributed by atoms with E-state index in [1.54, 1.807) is 0 Å². The van der Waals surface area contributed by atoms with Gasteiger partial charge in [0, 0.05) is 6.04 Å². The largest absolute Gasteiger partial charge is 0.481 e. The van der Waals surface area contributed by atoms with Gasteiger partial charge in [0.05, 0.1) is 17.2 Å². The Labute approximate surface area is 99.9 Å². The summed E-state index contributed by atoms with van der Waals surface area (Å²) in [6, 6.07) is 7.66.